The van der Waals surface area contributed by atoms with Gasteiger partial charge >= 0.3 is 0 Å². The molecule has 1 amide bonds. The van der Waals surface area contributed by atoms with Crippen molar-refractivity contribution >= 4 is 5.91 Å². The predicted molar refractivity (Wildman–Crippen MR) is 60.0 cm³/mol. The molecule has 0 bridgehead atoms. The van der Waals surface area contributed by atoms with Gasteiger partial charge in [-0.05, 0) is 31.9 Å². The summed E-state index contributed by atoms with van der Waals surface area (Å²) in [6, 6.07) is 5.81. The summed E-state index contributed by atoms with van der Waals surface area (Å²) in [5, 5.41) is 11.4. The minimum absolute atomic E-state index is 0.0651. The van der Waals surface area contributed by atoms with E-state index in [4.69, 9.17) is 5.11 Å². The highest BCUT2D eigenvalue weighted by Gasteiger charge is 2.07. The van der Waals surface area contributed by atoms with Crippen molar-refractivity contribution in [2.75, 3.05) is 13.2 Å². The van der Waals surface area contributed by atoms with E-state index in [0.717, 1.165) is 11.1 Å². The number of aliphatic hydroxyl groups is 1. The van der Waals surface area contributed by atoms with E-state index in [1.807, 2.05) is 32.0 Å². The van der Waals surface area contributed by atoms with Crippen LogP contribution in [0.5, 0.6) is 0 Å². The van der Waals surface area contributed by atoms with Crippen LogP contribution < -0.4 is 5.32 Å². The first-order chi connectivity index (χ1) is 7.15. The molecule has 2 N–H and O–H groups in total. The monoisotopic (exact) mass is 207 g/mol. The fourth-order valence-corrected chi connectivity index (χ4v) is 1.36. The zero-order valence-corrected chi connectivity index (χ0v) is 9.21. The van der Waals surface area contributed by atoms with Crippen LogP contribution >= 0.6 is 0 Å². The smallest absolute Gasteiger partial charge is 0.251 e. The molecule has 0 fully saturated rings. The van der Waals surface area contributed by atoms with Crippen LogP contribution in [0, 0.1) is 13.8 Å². The Morgan fingerprint density at radius 3 is 2.80 bits per heavy atom. The second-order valence-corrected chi connectivity index (χ2v) is 3.65. The molecule has 0 radical (unpaired) electrons. The van der Waals surface area contributed by atoms with Gasteiger partial charge in [0.25, 0.3) is 5.91 Å². The fraction of sp³-hybridized carbons (Fsp3) is 0.417. The van der Waals surface area contributed by atoms with E-state index in [1.54, 1.807) is 0 Å². The van der Waals surface area contributed by atoms with E-state index in [0.29, 0.717) is 18.5 Å². The van der Waals surface area contributed by atoms with Gasteiger partial charge in [0, 0.05) is 18.7 Å². The SMILES string of the molecule is Cc1ccc(C)c(C(=O)NCCCO)c1. The number of aryl methyl sites for hydroxylation is 2. The number of carbonyl (C=O) groups is 1. The van der Waals surface area contributed by atoms with Gasteiger partial charge in [0.1, 0.15) is 0 Å². The Morgan fingerprint density at radius 2 is 2.13 bits per heavy atom. The zero-order valence-electron chi connectivity index (χ0n) is 9.21. The summed E-state index contributed by atoms with van der Waals surface area (Å²) in [6.07, 6.45) is 0.594. The Kier molecular flexibility index (Phi) is 4.31. The van der Waals surface area contributed by atoms with Crippen LogP contribution in [0.4, 0.5) is 0 Å². The molecule has 0 unspecified atom stereocenters. The first kappa shape index (κ1) is 11.7. The lowest BCUT2D eigenvalue weighted by molar-refractivity contribution is 0.0950. The van der Waals surface area contributed by atoms with Crippen molar-refractivity contribution in [3.63, 3.8) is 0 Å². The molecular weight excluding hydrogens is 190 g/mol. The van der Waals surface area contributed by atoms with Crippen molar-refractivity contribution in [2.24, 2.45) is 0 Å². The number of aliphatic hydroxyl groups excluding tert-OH is 1. The molecule has 0 saturated heterocycles. The highest BCUT2D eigenvalue weighted by molar-refractivity contribution is 5.95. The maximum Gasteiger partial charge on any atom is 0.251 e. The van der Waals surface area contributed by atoms with Crippen molar-refractivity contribution in [3.8, 4) is 0 Å². The highest BCUT2D eigenvalue weighted by Crippen LogP contribution is 2.10. The number of benzene rings is 1. The largest absolute Gasteiger partial charge is 0.396 e. The Hall–Kier alpha value is -1.35. The van der Waals surface area contributed by atoms with Crippen LogP contribution in [-0.4, -0.2) is 24.2 Å². The third kappa shape index (κ3) is 3.36. The van der Waals surface area contributed by atoms with Crippen molar-refractivity contribution < 1.29 is 9.90 Å². The minimum atomic E-state index is -0.0651. The molecule has 0 aliphatic heterocycles. The van der Waals surface area contributed by atoms with Crippen LogP contribution in [0.2, 0.25) is 0 Å². The van der Waals surface area contributed by atoms with Crippen LogP contribution in [0.25, 0.3) is 0 Å². The number of hydrogen-bond acceptors (Lipinski definition) is 2. The summed E-state index contributed by atoms with van der Waals surface area (Å²) in [5.41, 5.74) is 2.77. The summed E-state index contributed by atoms with van der Waals surface area (Å²) in [7, 11) is 0. The van der Waals surface area contributed by atoms with Crippen molar-refractivity contribution in [1.82, 2.24) is 5.32 Å². The van der Waals surface area contributed by atoms with Gasteiger partial charge in [-0.15, -0.1) is 0 Å². The van der Waals surface area contributed by atoms with Crippen molar-refractivity contribution in [2.45, 2.75) is 20.3 Å². The van der Waals surface area contributed by atoms with E-state index in [1.165, 1.54) is 0 Å². The van der Waals surface area contributed by atoms with Gasteiger partial charge in [0.2, 0.25) is 0 Å². The fourth-order valence-electron chi connectivity index (χ4n) is 1.36. The molecule has 1 aromatic carbocycles. The first-order valence-electron chi connectivity index (χ1n) is 5.11. The lowest BCUT2D eigenvalue weighted by Crippen LogP contribution is -2.25. The number of carbonyl (C=O) groups excluding carboxylic acids is 1. The average Bonchev–Trinajstić information content (AvgIpc) is 2.22. The molecule has 1 rings (SSSR count). The molecular formula is C12H17NO2. The van der Waals surface area contributed by atoms with Gasteiger partial charge in [0.05, 0.1) is 0 Å². The maximum absolute atomic E-state index is 11.7. The minimum Gasteiger partial charge on any atom is -0.396 e. The molecule has 0 aliphatic rings. The van der Waals surface area contributed by atoms with Crippen LogP contribution in [-0.2, 0) is 0 Å². The van der Waals surface area contributed by atoms with Gasteiger partial charge in [-0.1, -0.05) is 17.7 Å². The summed E-state index contributed by atoms with van der Waals surface area (Å²) in [6.45, 7) is 4.50. The van der Waals surface area contributed by atoms with Crippen molar-refractivity contribution in [3.05, 3.63) is 34.9 Å². The number of rotatable bonds is 4. The number of hydrogen-bond donors (Lipinski definition) is 2. The Bertz CT molecular complexity index is 347. The maximum atomic E-state index is 11.7. The molecule has 0 saturated carbocycles. The summed E-state index contributed by atoms with van der Waals surface area (Å²) in [4.78, 5) is 11.7. The molecule has 0 spiro atoms. The van der Waals surface area contributed by atoms with Crippen molar-refractivity contribution in [1.29, 1.82) is 0 Å². The van der Waals surface area contributed by atoms with Gasteiger partial charge in [-0.25, -0.2) is 0 Å². The zero-order chi connectivity index (χ0) is 11.3. The summed E-state index contributed by atoms with van der Waals surface area (Å²) in [5.74, 6) is -0.0651. The van der Waals surface area contributed by atoms with E-state index >= 15 is 0 Å². The molecule has 0 aromatic heterocycles. The first-order valence-corrected chi connectivity index (χ1v) is 5.11. The topological polar surface area (TPSA) is 49.3 Å². The van der Waals surface area contributed by atoms with Gasteiger partial charge < -0.3 is 10.4 Å². The molecule has 3 nitrogen and oxygen atoms in total. The van der Waals surface area contributed by atoms with Gasteiger partial charge in [0.15, 0.2) is 0 Å². The number of amides is 1. The molecule has 0 heterocycles. The Labute approximate surface area is 90.1 Å². The third-order valence-electron chi connectivity index (χ3n) is 2.26. The quantitative estimate of drug-likeness (QED) is 0.733. The second-order valence-electron chi connectivity index (χ2n) is 3.65. The molecule has 15 heavy (non-hydrogen) atoms. The molecule has 3 heteroatoms. The van der Waals surface area contributed by atoms with Crippen LogP contribution in [0.1, 0.15) is 27.9 Å². The molecule has 0 atom stereocenters. The van der Waals surface area contributed by atoms with Crippen LogP contribution in [0.3, 0.4) is 0 Å². The normalized spacial score (nSPS) is 10.1. The average molecular weight is 207 g/mol. The lowest BCUT2D eigenvalue weighted by Gasteiger charge is -2.07. The van der Waals surface area contributed by atoms with Gasteiger partial charge in [-0.2, -0.15) is 0 Å². The van der Waals surface area contributed by atoms with E-state index in [9.17, 15) is 4.79 Å². The molecule has 82 valence electrons. The third-order valence-corrected chi connectivity index (χ3v) is 2.26. The summed E-state index contributed by atoms with van der Waals surface area (Å²) >= 11 is 0. The second kappa shape index (κ2) is 5.51. The van der Waals surface area contributed by atoms with E-state index in [-0.39, 0.29) is 12.5 Å². The Morgan fingerprint density at radius 1 is 1.40 bits per heavy atom. The van der Waals surface area contributed by atoms with E-state index < -0.39 is 0 Å². The van der Waals surface area contributed by atoms with Gasteiger partial charge in [-0.3, -0.25) is 4.79 Å². The van der Waals surface area contributed by atoms with E-state index in [2.05, 4.69) is 5.32 Å². The Balaban J connectivity index is 2.68. The predicted octanol–water partition coefficient (Wildman–Crippen LogP) is 1.42. The standard InChI is InChI=1S/C12H17NO2/c1-9-4-5-10(2)11(8-9)12(15)13-6-3-7-14/h4-5,8,14H,3,6-7H2,1-2H3,(H,13,15). The molecule has 0 aliphatic carbocycles. The molecule has 1 aromatic rings. The lowest BCUT2D eigenvalue weighted by atomic mass is 10.1. The summed E-state index contributed by atoms with van der Waals surface area (Å²) < 4.78 is 0. The van der Waals surface area contributed by atoms with Crippen LogP contribution in [0.15, 0.2) is 18.2 Å². The highest BCUT2D eigenvalue weighted by atomic mass is 16.3. The number of nitrogens with one attached hydrogen (secondary N) is 1.